The minimum absolute atomic E-state index is 0.0114. The number of fused-ring (bicyclic) bond motifs is 1. The zero-order valence-electron chi connectivity index (χ0n) is 26.0. The number of imide groups is 1. The molecule has 2 amide bonds. The number of rotatable bonds is 10. The minimum atomic E-state index is -6.00. The summed E-state index contributed by atoms with van der Waals surface area (Å²) in [4.78, 5) is 28.2. The first kappa shape index (κ1) is 35.1. The van der Waals surface area contributed by atoms with Crippen molar-refractivity contribution < 1.29 is 55.2 Å². The quantitative estimate of drug-likeness (QED) is 0.172. The molecule has 1 atom stereocenters. The van der Waals surface area contributed by atoms with E-state index in [1.807, 2.05) is 20.8 Å². The zero-order chi connectivity index (χ0) is 34.1. The van der Waals surface area contributed by atoms with Crippen molar-refractivity contribution in [2.75, 3.05) is 26.4 Å². The number of hydrogen-bond donors (Lipinski definition) is 1. The van der Waals surface area contributed by atoms with E-state index < -0.39 is 46.2 Å². The summed E-state index contributed by atoms with van der Waals surface area (Å²) < 4.78 is 97.5. The Morgan fingerprint density at radius 1 is 0.913 bits per heavy atom. The van der Waals surface area contributed by atoms with Crippen LogP contribution in [0.15, 0.2) is 48.6 Å². The van der Waals surface area contributed by atoms with Crippen molar-refractivity contribution in [2.45, 2.75) is 76.7 Å². The topological polar surface area (TPSA) is 85.3 Å². The molecule has 2 aliphatic heterocycles. The van der Waals surface area contributed by atoms with Crippen LogP contribution in [0.25, 0.3) is 0 Å². The van der Waals surface area contributed by atoms with E-state index in [0.29, 0.717) is 61.7 Å². The highest BCUT2D eigenvalue weighted by Crippen LogP contribution is 2.51. The predicted molar refractivity (Wildman–Crippen MR) is 156 cm³/mol. The van der Waals surface area contributed by atoms with Crippen molar-refractivity contribution >= 4 is 11.8 Å². The Morgan fingerprint density at radius 2 is 1.57 bits per heavy atom. The normalized spacial score (nSPS) is 19.1. The fourth-order valence-corrected chi connectivity index (χ4v) is 5.85. The molecular formula is C33H37F6NO6. The van der Waals surface area contributed by atoms with Crippen LogP contribution in [0.5, 0.6) is 17.2 Å². The van der Waals surface area contributed by atoms with E-state index in [9.17, 15) is 41.0 Å². The number of aryl methyl sites for hydroxylation is 1. The molecule has 13 heteroatoms. The molecule has 2 aromatic rings. The van der Waals surface area contributed by atoms with Gasteiger partial charge in [-0.25, -0.2) is 0 Å². The summed E-state index contributed by atoms with van der Waals surface area (Å²) in [5.74, 6) is 0.257. The lowest BCUT2D eigenvalue weighted by Gasteiger charge is -2.46. The first-order valence-electron chi connectivity index (χ1n) is 15.0. The van der Waals surface area contributed by atoms with Crippen molar-refractivity contribution in [3.05, 3.63) is 65.2 Å². The summed E-state index contributed by atoms with van der Waals surface area (Å²) in [7, 11) is 0. The molecule has 7 nitrogen and oxygen atoms in total. The van der Waals surface area contributed by atoms with Gasteiger partial charge in [0.05, 0.1) is 12.0 Å². The van der Waals surface area contributed by atoms with Gasteiger partial charge in [-0.1, -0.05) is 52.3 Å². The van der Waals surface area contributed by atoms with Crippen LogP contribution in [-0.2, 0) is 27.0 Å². The molecule has 4 rings (SSSR count). The van der Waals surface area contributed by atoms with Gasteiger partial charge >= 0.3 is 12.4 Å². The maximum atomic E-state index is 14.1. The van der Waals surface area contributed by atoms with Gasteiger partial charge < -0.3 is 19.3 Å². The predicted octanol–water partition coefficient (Wildman–Crippen LogP) is 6.79. The highest BCUT2D eigenvalue weighted by molar-refractivity contribution is 6.09. The Morgan fingerprint density at radius 3 is 2.17 bits per heavy atom. The number of benzene rings is 2. The van der Waals surface area contributed by atoms with E-state index in [4.69, 9.17) is 14.2 Å². The van der Waals surface area contributed by atoms with E-state index in [2.05, 4.69) is 0 Å². The maximum absolute atomic E-state index is 14.1. The van der Waals surface area contributed by atoms with Crippen LogP contribution in [-0.4, -0.2) is 60.5 Å². The second-order valence-corrected chi connectivity index (χ2v) is 12.4. The number of unbranched alkanes of at least 4 members (excludes halogenated alkanes) is 1. The van der Waals surface area contributed by atoms with Crippen LogP contribution in [0.3, 0.4) is 0 Å². The van der Waals surface area contributed by atoms with Crippen LogP contribution in [0.1, 0.15) is 63.6 Å². The molecule has 2 heterocycles. The van der Waals surface area contributed by atoms with Gasteiger partial charge in [-0.2, -0.15) is 26.3 Å². The van der Waals surface area contributed by atoms with Crippen molar-refractivity contribution in [2.24, 2.45) is 5.41 Å². The Balaban J connectivity index is 1.47. The van der Waals surface area contributed by atoms with Crippen molar-refractivity contribution in [1.82, 2.24) is 4.90 Å². The molecule has 1 N–H and O–H groups in total. The summed E-state index contributed by atoms with van der Waals surface area (Å²) in [5.41, 5.74) is -7.52. The average molecular weight is 658 g/mol. The fourth-order valence-electron chi connectivity index (χ4n) is 5.85. The number of alkyl halides is 6. The summed E-state index contributed by atoms with van der Waals surface area (Å²) in [6.07, 6.45) is -7.87. The third-order valence-electron chi connectivity index (χ3n) is 8.36. The van der Waals surface area contributed by atoms with E-state index in [-0.39, 0.29) is 30.9 Å². The molecule has 0 aliphatic carbocycles. The number of halogens is 6. The summed E-state index contributed by atoms with van der Waals surface area (Å²) in [5, 5.41) is 9.80. The van der Waals surface area contributed by atoms with E-state index in [0.717, 1.165) is 6.07 Å². The number of carbonyl (C=O) groups excluding carboxylic acids is 2. The van der Waals surface area contributed by atoms with Gasteiger partial charge in [-0.3, -0.25) is 14.5 Å². The van der Waals surface area contributed by atoms with Crippen LogP contribution < -0.4 is 14.2 Å². The lowest BCUT2D eigenvalue weighted by molar-refractivity contribution is -0.376. The SMILES string of the molecule is CCCc1cc(C(O)(C(F)(F)F)C(F)(F)F)ccc1OCCCCN1C(=O)C=CC(c2ccc3c(c2)OCCO3)(C(C)(C)C)C1=O. The molecule has 0 saturated carbocycles. The first-order valence-corrected chi connectivity index (χ1v) is 15.0. The summed E-state index contributed by atoms with van der Waals surface area (Å²) in [6.45, 7) is 8.23. The Kier molecular flexibility index (Phi) is 9.78. The van der Waals surface area contributed by atoms with Gasteiger partial charge in [0.15, 0.2) is 11.5 Å². The summed E-state index contributed by atoms with van der Waals surface area (Å²) in [6, 6.07) is 7.48. The van der Waals surface area contributed by atoms with Crippen LogP contribution >= 0.6 is 0 Å². The highest BCUT2D eigenvalue weighted by Gasteiger charge is 2.71. The van der Waals surface area contributed by atoms with Gasteiger partial charge in [0.25, 0.3) is 11.5 Å². The standard InChI is InChI=1S/C33H37F6NO6/c1-5-8-21-19-23(31(43,32(34,35)36)33(37,38)39)10-11-24(21)44-16-7-6-15-40-27(41)13-14-30(28(40)42,29(2,3)4)22-9-12-25-26(20-22)46-18-17-45-25/h9-14,19-20,43H,5-8,15-18H2,1-4H3. The molecule has 2 aromatic carbocycles. The second kappa shape index (κ2) is 12.8. The largest absolute Gasteiger partial charge is 0.493 e. The van der Waals surface area contributed by atoms with E-state index in [1.54, 1.807) is 31.2 Å². The van der Waals surface area contributed by atoms with Crippen molar-refractivity contribution in [3.8, 4) is 17.2 Å². The minimum Gasteiger partial charge on any atom is -0.493 e. The Bertz CT molecular complexity index is 1460. The molecule has 0 bridgehead atoms. The molecule has 0 fully saturated rings. The Labute approximate surface area is 263 Å². The number of aliphatic hydroxyl groups is 1. The number of hydrogen-bond acceptors (Lipinski definition) is 6. The molecule has 0 spiro atoms. The van der Waals surface area contributed by atoms with Crippen molar-refractivity contribution in [3.63, 3.8) is 0 Å². The van der Waals surface area contributed by atoms with E-state index >= 15 is 0 Å². The maximum Gasteiger partial charge on any atom is 0.430 e. The molecule has 0 saturated heterocycles. The van der Waals surface area contributed by atoms with Gasteiger partial charge in [0.1, 0.15) is 19.0 Å². The third-order valence-corrected chi connectivity index (χ3v) is 8.36. The van der Waals surface area contributed by atoms with Crippen LogP contribution in [0.2, 0.25) is 0 Å². The molecule has 1 unspecified atom stereocenters. The third kappa shape index (κ3) is 6.30. The van der Waals surface area contributed by atoms with Gasteiger partial charge in [-0.05, 0) is 60.1 Å². The zero-order valence-corrected chi connectivity index (χ0v) is 26.0. The highest BCUT2D eigenvalue weighted by atomic mass is 19.4. The molecule has 46 heavy (non-hydrogen) atoms. The van der Waals surface area contributed by atoms with E-state index in [1.165, 1.54) is 11.0 Å². The Hall–Kier alpha value is -3.74. The second-order valence-electron chi connectivity index (χ2n) is 12.4. The first-order chi connectivity index (χ1) is 21.4. The fraction of sp³-hybridized carbons (Fsp3) is 0.515. The lowest BCUT2D eigenvalue weighted by atomic mass is 9.60. The smallest absolute Gasteiger partial charge is 0.430 e. The molecular weight excluding hydrogens is 620 g/mol. The molecule has 252 valence electrons. The van der Waals surface area contributed by atoms with Gasteiger partial charge in [0.2, 0.25) is 5.91 Å². The number of nitrogens with zero attached hydrogens (tertiary/aromatic N) is 1. The number of amides is 2. The lowest BCUT2D eigenvalue weighted by Crippen LogP contribution is -2.57. The van der Waals surface area contributed by atoms with Gasteiger partial charge in [-0.15, -0.1) is 0 Å². The molecule has 0 aromatic heterocycles. The van der Waals surface area contributed by atoms with Crippen LogP contribution in [0, 0.1) is 5.41 Å². The average Bonchev–Trinajstić information content (AvgIpc) is 2.97. The summed E-state index contributed by atoms with van der Waals surface area (Å²) >= 11 is 0. The molecule has 2 aliphatic rings. The monoisotopic (exact) mass is 657 g/mol. The van der Waals surface area contributed by atoms with Crippen LogP contribution in [0.4, 0.5) is 26.3 Å². The number of carbonyl (C=O) groups is 2. The number of ether oxygens (including phenoxy) is 3. The molecule has 0 radical (unpaired) electrons. The van der Waals surface area contributed by atoms with Gasteiger partial charge in [0, 0.05) is 18.2 Å². The van der Waals surface area contributed by atoms with Crippen molar-refractivity contribution in [1.29, 1.82) is 0 Å².